The van der Waals surface area contributed by atoms with Crippen LogP contribution in [-0.4, -0.2) is 34.7 Å². The van der Waals surface area contributed by atoms with E-state index < -0.39 is 5.60 Å². The molecule has 16 heavy (non-hydrogen) atoms. The highest BCUT2D eigenvalue weighted by atomic mass is 16.3. The maximum atomic E-state index is 10.3. The number of rotatable bonds is 2. The minimum absolute atomic E-state index is 0.392. The zero-order chi connectivity index (χ0) is 11.9. The fourth-order valence-electron chi connectivity index (χ4n) is 3.13. The van der Waals surface area contributed by atoms with Gasteiger partial charge in [0.15, 0.2) is 0 Å². The molecule has 2 rings (SSSR count). The molecule has 1 heterocycles. The molecular formula is C14H27NO. The van der Waals surface area contributed by atoms with E-state index in [1.165, 1.54) is 19.3 Å². The molecule has 0 radical (unpaired) electrons. The van der Waals surface area contributed by atoms with Gasteiger partial charge in [-0.1, -0.05) is 27.7 Å². The van der Waals surface area contributed by atoms with E-state index in [1.54, 1.807) is 0 Å². The number of likely N-dealkylation sites (tertiary alicyclic amines) is 1. The summed E-state index contributed by atoms with van der Waals surface area (Å²) in [7, 11) is 0. The summed E-state index contributed by atoms with van der Waals surface area (Å²) >= 11 is 0. The maximum Gasteiger partial charge on any atom is 0.0923 e. The standard InChI is InChI=1S/C14H27NO/c1-10(2)14(16)8-15(9-14)13-6-5-11(3)12(4)7-13/h10-13,16H,5-9H2,1-4H3. The number of aliphatic hydroxyl groups is 1. The first-order valence-corrected chi connectivity index (χ1v) is 6.89. The van der Waals surface area contributed by atoms with E-state index in [4.69, 9.17) is 0 Å². The zero-order valence-electron chi connectivity index (χ0n) is 11.2. The fraction of sp³-hybridized carbons (Fsp3) is 1.00. The lowest BCUT2D eigenvalue weighted by atomic mass is 9.75. The van der Waals surface area contributed by atoms with Crippen LogP contribution in [0.2, 0.25) is 0 Å². The van der Waals surface area contributed by atoms with Crippen LogP contribution in [0.4, 0.5) is 0 Å². The number of hydrogen-bond acceptors (Lipinski definition) is 2. The Hall–Kier alpha value is -0.0800. The van der Waals surface area contributed by atoms with Crippen LogP contribution >= 0.6 is 0 Å². The van der Waals surface area contributed by atoms with E-state index in [0.29, 0.717) is 5.92 Å². The summed E-state index contributed by atoms with van der Waals surface area (Å²) in [6, 6.07) is 0.741. The van der Waals surface area contributed by atoms with Crippen LogP contribution in [0.25, 0.3) is 0 Å². The second kappa shape index (κ2) is 4.30. The molecule has 2 heteroatoms. The van der Waals surface area contributed by atoms with Crippen molar-refractivity contribution in [3.05, 3.63) is 0 Å². The van der Waals surface area contributed by atoms with Crippen molar-refractivity contribution in [2.75, 3.05) is 13.1 Å². The van der Waals surface area contributed by atoms with E-state index in [9.17, 15) is 5.11 Å². The van der Waals surface area contributed by atoms with Crippen molar-refractivity contribution in [1.29, 1.82) is 0 Å². The van der Waals surface area contributed by atoms with Crippen LogP contribution in [0.3, 0.4) is 0 Å². The van der Waals surface area contributed by atoms with Crippen molar-refractivity contribution < 1.29 is 5.11 Å². The van der Waals surface area contributed by atoms with E-state index in [-0.39, 0.29) is 0 Å². The largest absolute Gasteiger partial charge is 0.387 e. The molecule has 0 spiro atoms. The van der Waals surface area contributed by atoms with Gasteiger partial charge in [-0.25, -0.2) is 0 Å². The zero-order valence-corrected chi connectivity index (χ0v) is 11.2. The lowest BCUT2D eigenvalue weighted by molar-refractivity contribution is -0.149. The van der Waals surface area contributed by atoms with Crippen molar-refractivity contribution in [2.24, 2.45) is 17.8 Å². The van der Waals surface area contributed by atoms with Gasteiger partial charge in [0, 0.05) is 19.1 Å². The first-order chi connectivity index (χ1) is 7.42. The Morgan fingerprint density at radius 3 is 2.25 bits per heavy atom. The minimum Gasteiger partial charge on any atom is -0.387 e. The Morgan fingerprint density at radius 2 is 1.75 bits per heavy atom. The minimum atomic E-state index is -0.397. The van der Waals surface area contributed by atoms with Crippen molar-refractivity contribution >= 4 is 0 Å². The predicted octanol–water partition coefficient (Wildman–Crippen LogP) is 2.51. The van der Waals surface area contributed by atoms with Crippen molar-refractivity contribution in [3.63, 3.8) is 0 Å². The first-order valence-electron chi connectivity index (χ1n) is 6.89. The van der Waals surface area contributed by atoms with E-state index in [2.05, 4.69) is 32.6 Å². The Morgan fingerprint density at radius 1 is 1.12 bits per heavy atom. The maximum absolute atomic E-state index is 10.3. The molecule has 3 unspecified atom stereocenters. The van der Waals surface area contributed by atoms with Gasteiger partial charge in [-0.15, -0.1) is 0 Å². The lowest BCUT2D eigenvalue weighted by Crippen LogP contribution is -2.67. The quantitative estimate of drug-likeness (QED) is 0.780. The smallest absolute Gasteiger partial charge is 0.0923 e. The molecule has 3 atom stereocenters. The Kier molecular flexibility index (Phi) is 3.33. The molecule has 0 aromatic heterocycles. The van der Waals surface area contributed by atoms with Gasteiger partial charge in [-0.3, -0.25) is 4.90 Å². The molecule has 1 aliphatic heterocycles. The summed E-state index contributed by atoms with van der Waals surface area (Å²) in [4.78, 5) is 2.50. The molecule has 0 bridgehead atoms. The molecule has 2 fully saturated rings. The second-order valence-electron chi connectivity index (χ2n) is 6.58. The van der Waals surface area contributed by atoms with Crippen LogP contribution in [-0.2, 0) is 0 Å². The second-order valence-corrected chi connectivity index (χ2v) is 6.58. The molecule has 0 amide bonds. The van der Waals surface area contributed by atoms with Crippen molar-refractivity contribution in [2.45, 2.75) is 58.6 Å². The SMILES string of the molecule is CC1CCC(N2CC(O)(C(C)C)C2)CC1C. The summed E-state index contributed by atoms with van der Waals surface area (Å²) in [5.41, 5.74) is -0.397. The molecular weight excluding hydrogens is 198 g/mol. The third-order valence-corrected chi connectivity index (χ3v) is 5.12. The fourth-order valence-corrected chi connectivity index (χ4v) is 3.13. The van der Waals surface area contributed by atoms with Gasteiger partial charge in [0.1, 0.15) is 0 Å². The molecule has 0 aromatic rings. The van der Waals surface area contributed by atoms with E-state index in [1.807, 2.05) is 0 Å². The van der Waals surface area contributed by atoms with Gasteiger partial charge in [-0.2, -0.15) is 0 Å². The van der Waals surface area contributed by atoms with Gasteiger partial charge < -0.3 is 5.11 Å². The highest BCUT2D eigenvalue weighted by molar-refractivity contribution is 5.01. The average molecular weight is 225 g/mol. The van der Waals surface area contributed by atoms with Gasteiger partial charge in [0.05, 0.1) is 5.60 Å². The predicted molar refractivity (Wildman–Crippen MR) is 67.3 cm³/mol. The highest BCUT2D eigenvalue weighted by Gasteiger charge is 2.46. The third kappa shape index (κ3) is 2.14. The van der Waals surface area contributed by atoms with Crippen molar-refractivity contribution in [1.82, 2.24) is 4.90 Å². The number of hydrogen-bond donors (Lipinski definition) is 1. The van der Waals surface area contributed by atoms with E-state index >= 15 is 0 Å². The van der Waals surface area contributed by atoms with Crippen LogP contribution in [0, 0.1) is 17.8 Å². The Labute approximate surface area is 100 Å². The van der Waals surface area contributed by atoms with Gasteiger partial charge in [0.25, 0.3) is 0 Å². The molecule has 1 aliphatic carbocycles. The Bertz CT molecular complexity index is 245. The summed E-state index contributed by atoms with van der Waals surface area (Å²) in [6.45, 7) is 10.8. The summed E-state index contributed by atoms with van der Waals surface area (Å²) in [6.07, 6.45) is 4.03. The van der Waals surface area contributed by atoms with Crippen molar-refractivity contribution in [3.8, 4) is 0 Å². The normalized spacial score (nSPS) is 39.8. The average Bonchev–Trinajstić information content (AvgIpc) is 2.17. The molecule has 2 aliphatic rings. The topological polar surface area (TPSA) is 23.5 Å². The summed E-state index contributed by atoms with van der Waals surface area (Å²) in [5, 5.41) is 10.3. The summed E-state index contributed by atoms with van der Waals surface area (Å²) in [5.74, 6) is 2.14. The van der Waals surface area contributed by atoms with Crippen LogP contribution in [0.15, 0.2) is 0 Å². The highest BCUT2D eigenvalue weighted by Crippen LogP contribution is 2.37. The lowest BCUT2D eigenvalue weighted by Gasteiger charge is -2.54. The molecule has 2 nitrogen and oxygen atoms in total. The summed E-state index contributed by atoms with van der Waals surface area (Å²) < 4.78 is 0. The molecule has 0 aromatic carbocycles. The number of nitrogens with zero attached hydrogens (tertiary/aromatic N) is 1. The Balaban J connectivity index is 1.84. The van der Waals surface area contributed by atoms with Gasteiger partial charge in [0.2, 0.25) is 0 Å². The molecule has 1 saturated heterocycles. The van der Waals surface area contributed by atoms with Crippen LogP contribution < -0.4 is 0 Å². The van der Waals surface area contributed by atoms with E-state index in [0.717, 1.165) is 31.0 Å². The van der Waals surface area contributed by atoms with Crippen LogP contribution in [0.1, 0.15) is 47.0 Å². The monoisotopic (exact) mass is 225 g/mol. The molecule has 94 valence electrons. The van der Waals surface area contributed by atoms with Gasteiger partial charge in [-0.05, 0) is 37.0 Å². The van der Waals surface area contributed by atoms with Gasteiger partial charge >= 0.3 is 0 Å². The van der Waals surface area contributed by atoms with Crippen LogP contribution in [0.5, 0.6) is 0 Å². The third-order valence-electron chi connectivity index (χ3n) is 5.12. The molecule has 1 saturated carbocycles. The molecule has 1 N–H and O–H groups in total. The first kappa shape index (κ1) is 12.4. The number of β-amino-alcohol motifs (C(OH)–C–C–N with tert-alkyl or cyclic N) is 1.